The number of unbranched alkanes of at least 4 members (excludes halogenated alkanes) is 28. The van der Waals surface area contributed by atoms with Crippen LogP contribution in [-0.4, -0.2) is 49.9 Å². The number of nitrogens with two attached hydrogens (primary N) is 1. The monoisotopic (exact) mass is 960 g/mol. The predicted molar refractivity (Wildman–Crippen MR) is 288 cm³/mol. The fourth-order valence-corrected chi connectivity index (χ4v) is 8.59. The van der Waals surface area contributed by atoms with Gasteiger partial charge in [0.2, 0.25) is 0 Å². The second-order valence-electron chi connectivity index (χ2n) is 18.4. The van der Waals surface area contributed by atoms with Crippen LogP contribution in [-0.2, 0) is 27.9 Å². The number of hydrogen-bond donors (Lipinski definition) is 2. The molecule has 0 radical (unpaired) electrons. The zero-order valence-electron chi connectivity index (χ0n) is 43.6. The molecular weight excluding hydrogens is 854 g/mol. The molecule has 0 aromatic rings. The molecule has 0 aromatic carbocycles. The maximum absolute atomic E-state index is 12.7. The van der Waals surface area contributed by atoms with E-state index in [2.05, 4.69) is 86.8 Å². The Labute approximate surface area is 414 Å². The first-order valence-electron chi connectivity index (χ1n) is 27.9. The molecule has 0 saturated carbocycles. The Bertz CT molecular complexity index is 1260. The SMILES string of the molecule is CC/C=C\C/C=C\C/C=C\C/C=C\C/C=C\C/C=C\CCCCCCCCC(=O)OC(COCCCCCCCCCCCCCCCCCCCCCCCCC)COP(=O)(O)OCCN. The van der Waals surface area contributed by atoms with Gasteiger partial charge in [0.1, 0.15) is 6.10 Å². The number of phosphoric acid groups is 1. The summed E-state index contributed by atoms with van der Waals surface area (Å²) in [4.78, 5) is 22.7. The Hall–Kier alpha value is -2.06. The van der Waals surface area contributed by atoms with Gasteiger partial charge in [-0.15, -0.1) is 0 Å². The van der Waals surface area contributed by atoms with Gasteiger partial charge in [0.25, 0.3) is 0 Å². The van der Waals surface area contributed by atoms with Crippen LogP contribution in [0.2, 0.25) is 0 Å². The zero-order chi connectivity index (χ0) is 48.7. The van der Waals surface area contributed by atoms with Crippen molar-refractivity contribution < 1.29 is 32.8 Å². The number of allylic oxidation sites excluding steroid dienone is 12. The molecule has 0 aromatic heterocycles. The Morgan fingerprint density at radius 3 is 1.25 bits per heavy atom. The van der Waals surface area contributed by atoms with Crippen molar-refractivity contribution in [2.75, 3.05) is 33.0 Å². The van der Waals surface area contributed by atoms with E-state index in [-0.39, 0.29) is 32.3 Å². The van der Waals surface area contributed by atoms with Crippen LogP contribution >= 0.6 is 7.82 Å². The summed E-state index contributed by atoms with van der Waals surface area (Å²) in [6.45, 7) is 4.82. The van der Waals surface area contributed by atoms with Gasteiger partial charge in [-0.1, -0.05) is 254 Å². The molecule has 0 aliphatic carbocycles. The molecule has 9 heteroatoms. The lowest BCUT2D eigenvalue weighted by molar-refractivity contribution is -0.154. The molecule has 0 bridgehead atoms. The highest BCUT2D eigenvalue weighted by molar-refractivity contribution is 7.47. The normalized spacial score (nSPS) is 13.8. The van der Waals surface area contributed by atoms with Crippen LogP contribution in [0.25, 0.3) is 0 Å². The molecule has 0 fully saturated rings. The lowest BCUT2D eigenvalue weighted by Gasteiger charge is -2.20. The quantitative estimate of drug-likeness (QED) is 0.0268. The highest BCUT2D eigenvalue weighted by atomic mass is 31.2. The molecule has 3 N–H and O–H groups in total. The molecule has 0 aliphatic heterocycles. The highest BCUT2D eigenvalue weighted by Gasteiger charge is 2.25. The molecule has 67 heavy (non-hydrogen) atoms. The maximum atomic E-state index is 12.7. The van der Waals surface area contributed by atoms with E-state index in [1.165, 1.54) is 148 Å². The number of carbonyl (C=O) groups is 1. The lowest BCUT2D eigenvalue weighted by atomic mass is 10.0. The average Bonchev–Trinajstić information content (AvgIpc) is 3.32. The molecule has 390 valence electrons. The highest BCUT2D eigenvalue weighted by Crippen LogP contribution is 2.43. The molecule has 0 aliphatic rings. The van der Waals surface area contributed by atoms with Crippen LogP contribution in [0.1, 0.15) is 251 Å². The first-order chi connectivity index (χ1) is 32.9. The van der Waals surface area contributed by atoms with Crippen LogP contribution in [0.5, 0.6) is 0 Å². The maximum Gasteiger partial charge on any atom is 0.472 e. The third kappa shape index (κ3) is 54.7. The number of phosphoric ester groups is 1. The summed E-state index contributed by atoms with van der Waals surface area (Å²) in [5, 5.41) is 0. The van der Waals surface area contributed by atoms with E-state index in [0.717, 1.165) is 83.5 Å². The van der Waals surface area contributed by atoms with Crippen LogP contribution in [0, 0.1) is 0 Å². The van der Waals surface area contributed by atoms with E-state index in [9.17, 15) is 14.3 Å². The van der Waals surface area contributed by atoms with Gasteiger partial charge in [-0.25, -0.2) is 4.57 Å². The summed E-state index contributed by atoms with van der Waals surface area (Å²) in [5.41, 5.74) is 5.40. The zero-order valence-corrected chi connectivity index (χ0v) is 44.5. The largest absolute Gasteiger partial charge is 0.472 e. The van der Waals surface area contributed by atoms with Gasteiger partial charge < -0.3 is 20.1 Å². The minimum Gasteiger partial charge on any atom is -0.457 e. The third-order valence-electron chi connectivity index (χ3n) is 11.9. The number of esters is 1. The molecule has 0 spiro atoms. The van der Waals surface area contributed by atoms with Gasteiger partial charge in [-0.3, -0.25) is 13.8 Å². The Morgan fingerprint density at radius 2 is 0.836 bits per heavy atom. The summed E-state index contributed by atoms with van der Waals surface area (Å²) < 4.78 is 33.7. The van der Waals surface area contributed by atoms with Gasteiger partial charge >= 0.3 is 13.8 Å². The standard InChI is InChI=1S/C58H106NO7P/c1-3-5-7-9-11-13-15-17-19-21-23-25-27-28-29-31-33-35-37-39-41-43-45-47-49-51-58(60)66-57(56-65-67(61,62)64-54-52-59)55-63-53-50-48-46-44-42-40-38-36-34-32-30-26-24-22-20-18-16-14-12-10-8-6-4-2/h5,7,11,13,17,19,23,25,28-29,33,35,57H,3-4,6,8-10,12,14-16,18,20-22,24,26-27,30-32,34,36-56,59H2,1-2H3,(H,61,62)/b7-5-,13-11-,19-17-,25-23-,29-28-,35-33-. The average molecular weight is 960 g/mol. The van der Waals surface area contributed by atoms with Crippen molar-refractivity contribution in [2.45, 2.75) is 258 Å². The fraction of sp³-hybridized carbons (Fsp3) is 0.776. The van der Waals surface area contributed by atoms with Gasteiger partial charge in [0.05, 0.1) is 19.8 Å². The lowest BCUT2D eigenvalue weighted by Crippen LogP contribution is -2.28. The topological polar surface area (TPSA) is 117 Å². The van der Waals surface area contributed by atoms with Gasteiger partial charge in [0, 0.05) is 19.6 Å². The van der Waals surface area contributed by atoms with E-state index in [1.807, 2.05) is 0 Å². The van der Waals surface area contributed by atoms with Crippen LogP contribution < -0.4 is 5.73 Å². The van der Waals surface area contributed by atoms with E-state index in [1.54, 1.807) is 0 Å². The first-order valence-corrected chi connectivity index (χ1v) is 29.4. The first kappa shape index (κ1) is 64.9. The predicted octanol–water partition coefficient (Wildman–Crippen LogP) is 17.8. The van der Waals surface area contributed by atoms with Crippen LogP contribution in [0.15, 0.2) is 72.9 Å². The van der Waals surface area contributed by atoms with Gasteiger partial charge in [-0.2, -0.15) is 0 Å². The number of hydrogen-bond acceptors (Lipinski definition) is 7. The number of carbonyl (C=O) groups excluding carboxylic acids is 1. The summed E-state index contributed by atoms with van der Waals surface area (Å²) in [6.07, 6.45) is 70.9. The Morgan fingerprint density at radius 1 is 0.463 bits per heavy atom. The fourth-order valence-electron chi connectivity index (χ4n) is 7.83. The molecule has 0 amide bonds. The number of ether oxygens (including phenoxy) is 2. The van der Waals surface area contributed by atoms with Crippen molar-refractivity contribution >= 4 is 13.8 Å². The summed E-state index contributed by atoms with van der Waals surface area (Å²) in [5.74, 6) is -0.343. The summed E-state index contributed by atoms with van der Waals surface area (Å²) in [7, 11) is -4.29. The van der Waals surface area contributed by atoms with E-state index < -0.39 is 13.9 Å². The van der Waals surface area contributed by atoms with E-state index >= 15 is 0 Å². The molecule has 0 rings (SSSR count). The van der Waals surface area contributed by atoms with Gasteiger partial charge in [0.15, 0.2) is 0 Å². The molecule has 2 atom stereocenters. The smallest absolute Gasteiger partial charge is 0.457 e. The Balaban J connectivity index is 3.94. The molecule has 0 saturated heterocycles. The molecule has 0 heterocycles. The molecule has 8 nitrogen and oxygen atoms in total. The van der Waals surface area contributed by atoms with Crippen molar-refractivity contribution in [1.82, 2.24) is 0 Å². The minimum absolute atomic E-state index is 0.0957. The second kappa shape index (κ2) is 54.9. The van der Waals surface area contributed by atoms with Crippen LogP contribution in [0.4, 0.5) is 0 Å². The third-order valence-corrected chi connectivity index (χ3v) is 12.9. The Kier molecular flexibility index (Phi) is 53.2. The van der Waals surface area contributed by atoms with Gasteiger partial charge in [-0.05, 0) is 64.2 Å². The van der Waals surface area contributed by atoms with Crippen molar-refractivity contribution in [3.8, 4) is 0 Å². The van der Waals surface area contributed by atoms with Crippen LogP contribution in [0.3, 0.4) is 0 Å². The van der Waals surface area contributed by atoms with Crippen molar-refractivity contribution in [3.05, 3.63) is 72.9 Å². The summed E-state index contributed by atoms with van der Waals surface area (Å²) >= 11 is 0. The van der Waals surface area contributed by atoms with E-state index in [0.29, 0.717) is 13.0 Å². The number of rotatable bonds is 53. The van der Waals surface area contributed by atoms with Crippen molar-refractivity contribution in [1.29, 1.82) is 0 Å². The second-order valence-corrected chi connectivity index (χ2v) is 19.9. The summed E-state index contributed by atoms with van der Waals surface area (Å²) in [6, 6.07) is 0. The van der Waals surface area contributed by atoms with Crippen molar-refractivity contribution in [3.63, 3.8) is 0 Å². The van der Waals surface area contributed by atoms with Crippen molar-refractivity contribution in [2.24, 2.45) is 5.73 Å². The molecular formula is C58H106NO7P. The molecule has 2 unspecified atom stereocenters. The minimum atomic E-state index is -4.29. The van der Waals surface area contributed by atoms with E-state index in [4.69, 9.17) is 24.3 Å².